The van der Waals surface area contributed by atoms with Crippen molar-refractivity contribution >= 4 is 12.6 Å². The minimum absolute atomic E-state index is 0.0920. The molecule has 1 nitrogen and oxygen atoms in total. The zero-order valence-electron chi connectivity index (χ0n) is 7.23. The van der Waals surface area contributed by atoms with Gasteiger partial charge in [0, 0.05) is 5.41 Å². The molecule has 0 aromatic heterocycles. The smallest absolute Gasteiger partial charge is 0.380 e. The lowest BCUT2D eigenvalue weighted by Gasteiger charge is -2.12. The highest BCUT2D eigenvalue weighted by atomic mass is 32.1. The number of hydrogen-bond donors (Lipinski definition) is 1. The number of hydrogen-bond acceptors (Lipinski definition) is 2. The van der Waals surface area contributed by atoms with Crippen molar-refractivity contribution in [2.75, 3.05) is 19.0 Å². The minimum Gasteiger partial charge on any atom is -0.380 e. The normalized spacial score (nSPS) is 20.3. The van der Waals surface area contributed by atoms with Crippen LogP contribution in [0.25, 0.3) is 0 Å². The van der Waals surface area contributed by atoms with Crippen LogP contribution in [-0.4, -0.2) is 25.1 Å². The predicted molar refractivity (Wildman–Crippen MR) is 47.0 cm³/mol. The molecule has 0 spiro atoms. The summed E-state index contributed by atoms with van der Waals surface area (Å²) in [5.41, 5.74) is 0.0920. The van der Waals surface area contributed by atoms with Gasteiger partial charge in [-0.2, -0.15) is 25.8 Å². The summed E-state index contributed by atoms with van der Waals surface area (Å²) in [7, 11) is 0. The van der Waals surface area contributed by atoms with Crippen LogP contribution in [0.2, 0.25) is 0 Å². The van der Waals surface area contributed by atoms with Crippen LogP contribution >= 0.6 is 12.6 Å². The van der Waals surface area contributed by atoms with Crippen LogP contribution in [0.4, 0.5) is 13.2 Å². The zero-order chi connectivity index (χ0) is 9.95. The Hall–Kier alpha value is 0.100. The van der Waals surface area contributed by atoms with E-state index in [0.717, 1.165) is 12.8 Å². The van der Waals surface area contributed by atoms with Crippen molar-refractivity contribution < 1.29 is 17.9 Å². The van der Waals surface area contributed by atoms with Gasteiger partial charge >= 0.3 is 6.18 Å². The molecule has 5 heteroatoms. The van der Waals surface area contributed by atoms with E-state index >= 15 is 0 Å². The van der Waals surface area contributed by atoms with E-state index in [2.05, 4.69) is 12.6 Å². The van der Waals surface area contributed by atoms with Crippen molar-refractivity contribution in [3.8, 4) is 0 Å². The Kier molecular flexibility index (Phi) is 3.51. The summed E-state index contributed by atoms with van der Waals surface area (Å²) in [4.78, 5) is 0. The van der Waals surface area contributed by atoms with Gasteiger partial charge in [0.15, 0.2) is 0 Å². The molecule has 0 saturated heterocycles. The number of thiol groups is 1. The first-order chi connectivity index (χ1) is 5.97. The molecular formula is C8H13F3OS. The summed E-state index contributed by atoms with van der Waals surface area (Å²) in [6.45, 7) is 0.200. The Labute approximate surface area is 81.1 Å². The standard InChI is InChI=1S/C8H13F3OS/c9-8(10,11)3-4-12-5-7(6-13)1-2-7/h13H,1-6H2. The van der Waals surface area contributed by atoms with Crippen LogP contribution < -0.4 is 0 Å². The van der Waals surface area contributed by atoms with E-state index in [4.69, 9.17) is 4.74 Å². The lowest BCUT2D eigenvalue weighted by atomic mass is 10.2. The lowest BCUT2D eigenvalue weighted by molar-refractivity contribution is -0.146. The summed E-state index contributed by atoms with van der Waals surface area (Å²) >= 11 is 4.12. The van der Waals surface area contributed by atoms with Gasteiger partial charge in [-0.1, -0.05) is 0 Å². The Balaban J connectivity index is 2.02. The average molecular weight is 214 g/mol. The van der Waals surface area contributed by atoms with Gasteiger partial charge < -0.3 is 4.74 Å². The fourth-order valence-electron chi connectivity index (χ4n) is 1.00. The first kappa shape index (κ1) is 11.2. The van der Waals surface area contributed by atoms with Gasteiger partial charge in [-0.05, 0) is 18.6 Å². The van der Waals surface area contributed by atoms with Crippen LogP contribution in [0.15, 0.2) is 0 Å². The molecule has 0 heterocycles. The van der Waals surface area contributed by atoms with Crippen LogP contribution in [0.3, 0.4) is 0 Å². The van der Waals surface area contributed by atoms with Crippen LogP contribution in [0, 0.1) is 5.41 Å². The van der Waals surface area contributed by atoms with Crippen LogP contribution in [0.5, 0.6) is 0 Å². The zero-order valence-corrected chi connectivity index (χ0v) is 8.13. The molecule has 1 aliphatic carbocycles. The maximum absolute atomic E-state index is 11.7. The van der Waals surface area contributed by atoms with Gasteiger partial charge in [-0.15, -0.1) is 0 Å². The summed E-state index contributed by atoms with van der Waals surface area (Å²) in [6.07, 6.45) is -2.89. The molecule has 0 amide bonds. The molecule has 0 N–H and O–H groups in total. The molecule has 0 unspecified atom stereocenters. The van der Waals surface area contributed by atoms with Gasteiger partial charge in [0.1, 0.15) is 0 Å². The number of halogens is 3. The van der Waals surface area contributed by atoms with E-state index in [1.54, 1.807) is 0 Å². The van der Waals surface area contributed by atoms with Crippen LogP contribution in [0.1, 0.15) is 19.3 Å². The first-order valence-corrected chi connectivity index (χ1v) is 4.86. The van der Waals surface area contributed by atoms with E-state index in [9.17, 15) is 13.2 Å². The molecule has 13 heavy (non-hydrogen) atoms. The maximum atomic E-state index is 11.7. The van der Waals surface area contributed by atoms with Crippen molar-refractivity contribution in [2.24, 2.45) is 5.41 Å². The van der Waals surface area contributed by atoms with E-state index in [1.165, 1.54) is 0 Å². The maximum Gasteiger partial charge on any atom is 0.391 e. The van der Waals surface area contributed by atoms with Crippen molar-refractivity contribution in [3.05, 3.63) is 0 Å². The molecule has 1 rings (SSSR count). The van der Waals surface area contributed by atoms with Gasteiger partial charge in [0.2, 0.25) is 0 Å². The largest absolute Gasteiger partial charge is 0.391 e. The second-order valence-corrected chi connectivity index (χ2v) is 3.89. The van der Waals surface area contributed by atoms with Crippen LogP contribution in [-0.2, 0) is 4.74 Å². The van der Waals surface area contributed by atoms with Gasteiger partial charge in [-0.25, -0.2) is 0 Å². The minimum atomic E-state index is -4.10. The first-order valence-electron chi connectivity index (χ1n) is 4.23. The van der Waals surface area contributed by atoms with E-state index < -0.39 is 12.6 Å². The highest BCUT2D eigenvalue weighted by molar-refractivity contribution is 7.80. The van der Waals surface area contributed by atoms with E-state index in [-0.39, 0.29) is 12.0 Å². The third-order valence-corrected chi connectivity index (χ3v) is 2.90. The second-order valence-electron chi connectivity index (χ2n) is 3.58. The molecule has 1 fully saturated rings. The molecule has 0 aliphatic heterocycles. The van der Waals surface area contributed by atoms with Crippen molar-refractivity contribution in [1.82, 2.24) is 0 Å². The third kappa shape index (κ3) is 4.22. The van der Waals surface area contributed by atoms with E-state index in [1.807, 2.05) is 0 Å². The summed E-state index contributed by atoms with van der Waals surface area (Å²) in [6, 6.07) is 0. The number of ether oxygens (including phenoxy) is 1. The summed E-state index contributed by atoms with van der Waals surface area (Å²) in [5, 5.41) is 0. The molecule has 0 atom stereocenters. The Morgan fingerprint density at radius 3 is 2.31 bits per heavy atom. The quantitative estimate of drug-likeness (QED) is 0.547. The van der Waals surface area contributed by atoms with Crippen molar-refractivity contribution in [2.45, 2.75) is 25.4 Å². The SMILES string of the molecule is FC(F)(F)CCOCC1(CS)CC1. The molecule has 0 radical (unpaired) electrons. The van der Waals surface area contributed by atoms with Gasteiger partial charge in [0.05, 0.1) is 19.6 Å². The Morgan fingerprint density at radius 1 is 1.31 bits per heavy atom. The molecule has 0 aromatic rings. The van der Waals surface area contributed by atoms with Crippen molar-refractivity contribution in [1.29, 1.82) is 0 Å². The second kappa shape index (κ2) is 4.09. The number of rotatable bonds is 5. The fraction of sp³-hybridized carbons (Fsp3) is 1.00. The third-order valence-electron chi connectivity index (χ3n) is 2.23. The molecule has 1 saturated carbocycles. The molecule has 0 aromatic carbocycles. The van der Waals surface area contributed by atoms with Gasteiger partial charge in [0.25, 0.3) is 0 Å². The monoisotopic (exact) mass is 214 g/mol. The average Bonchev–Trinajstić information content (AvgIpc) is 2.78. The summed E-state index contributed by atoms with van der Waals surface area (Å²) in [5.74, 6) is 0.707. The lowest BCUT2D eigenvalue weighted by Crippen LogP contribution is -2.16. The topological polar surface area (TPSA) is 9.23 Å². The van der Waals surface area contributed by atoms with Gasteiger partial charge in [-0.3, -0.25) is 0 Å². The molecular weight excluding hydrogens is 201 g/mol. The molecule has 78 valence electrons. The van der Waals surface area contributed by atoms with E-state index in [0.29, 0.717) is 12.4 Å². The van der Waals surface area contributed by atoms with Crippen molar-refractivity contribution in [3.63, 3.8) is 0 Å². The number of alkyl halides is 3. The fourth-order valence-corrected chi connectivity index (χ4v) is 1.41. The highest BCUT2D eigenvalue weighted by Gasteiger charge is 2.41. The Morgan fingerprint density at radius 2 is 1.92 bits per heavy atom. The molecule has 0 bridgehead atoms. The highest BCUT2D eigenvalue weighted by Crippen LogP contribution is 2.46. The predicted octanol–water partition coefficient (Wildman–Crippen LogP) is 2.67. The molecule has 1 aliphatic rings. The Bertz CT molecular complexity index is 165. The summed E-state index contributed by atoms with van der Waals surface area (Å²) < 4.78 is 40.0.